The van der Waals surface area contributed by atoms with Gasteiger partial charge in [-0.25, -0.2) is 4.79 Å². The molecule has 0 spiro atoms. The quantitative estimate of drug-likeness (QED) is 0.235. The molecule has 9 nitrogen and oxygen atoms in total. The molecule has 206 valence electrons. The van der Waals surface area contributed by atoms with Crippen LogP contribution in [0.5, 0.6) is 5.75 Å². The Morgan fingerprint density at radius 2 is 1.89 bits per heavy atom. The van der Waals surface area contributed by atoms with Crippen LogP contribution in [-0.2, 0) is 9.47 Å². The highest BCUT2D eigenvalue weighted by Gasteiger charge is 2.23. The minimum Gasteiger partial charge on any atom is -0.495 e. The number of nitrogen functional groups attached to an aromatic ring is 1. The first-order valence-electron chi connectivity index (χ1n) is 13.1. The summed E-state index contributed by atoms with van der Waals surface area (Å²) < 4.78 is 16.5. The fourth-order valence-electron chi connectivity index (χ4n) is 4.07. The van der Waals surface area contributed by atoms with E-state index < -0.39 is 5.60 Å². The third-order valence-electron chi connectivity index (χ3n) is 6.09. The van der Waals surface area contributed by atoms with Crippen LogP contribution in [-0.4, -0.2) is 86.5 Å². The van der Waals surface area contributed by atoms with Gasteiger partial charge in [0.2, 0.25) is 0 Å². The number of nitrogens with two attached hydrogens (primary N) is 1. The first kappa shape index (κ1) is 30.3. The Balaban J connectivity index is 1.63. The number of nitrogens with one attached hydrogen (secondary N) is 1. The average molecular weight is 517 g/mol. The Kier molecular flexibility index (Phi) is 12.5. The van der Waals surface area contributed by atoms with Crippen molar-refractivity contribution < 1.29 is 23.8 Å². The van der Waals surface area contributed by atoms with Crippen molar-refractivity contribution in [2.24, 2.45) is 0 Å². The van der Waals surface area contributed by atoms with Crippen LogP contribution in [0.2, 0.25) is 0 Å². The molecule has 2 amide bonds. The summed E-state index contributed by atoms with van der Waals surface area (Å²) >= 11 is 0. The minimum absolute atomic E-state index is 0.111. The summed E-state index contributed by atoms with van der Waals surface area (Å²) in [4.78, 5) is 29.1. The van der Waals surface area contributed by atoms with Crippen molar-refractivity contribution in [2.75, 3.05) is 58.8 Å². The maximum atomic E-state index is 12.6. The Bertz CT molecular complexity index is 901. The van der Waals surface area contributed by atoms with Gasteiger partial charge in [0.15, 0.2) is 0 Å². The smallest absolute Gasteiger partial charge is 0.410 e. The van der Waals surface area contributed by atoms with E-state index in [1.807, 2.05) is 20.8 Å². The molecule has 0 aromatic heterocycles. The fourth-order valence-corrected chi connectivity index (χ4v) is 4.07. The first-order chi connectivity index (χ1) is 17.6. The molecular formula is C28H44N4O5. The van der Waals surface area contributed by atoms with E-state index in [-0.39, 0.29) is 18.0 Å². The van der Waals surface area contributed by atoms with Gasteiger partial charge in [-0.15, -0.1) is 12.3 Å². The number of methoxy groups -OCH3 is 1. The number of benzene rings is 1. The fraction of sp³-hybridized carbons (Fsp3) is 0.643. The predicted molar refractivity (Wildman–Crippen MR) is 146 cm³/mol. The highest BCUT2D eigenvalue weighted by atomic mass is 16.6. The number of likely N-dealkylation sites (tertiary alicyclic amines) is 1. The zero-order chi connectivity index (χ0) is 27.3. The van der Waals surface area contributed by atoms with E-state index in [4.69, 9.17) is 26.4 Å². The molecule has 1 aromatic rings. The summed E-state index contributed by atoms with van der Waals surface area (Å²) in [5, 5.41) is 3.12. The van der Waals surface area contributed by atoms with E-state index in [9.17, 15) is 9.59 Å². The topological polar surface area (TPSA) is 106 Å². The van der Waals surface area contributed by atoms with Gasteiger partial charge in [-0.3, -0.25) is 4.79 Å². The lowest BCUT2D eigenvalue weighted by molar-refractivity contribution is 0.0221. The Morgan fingerprint density at radius 3 is 2.54 bits per heavy atom. The van der Waals surface area contributed by atoms with Gasteiger partial charge in [-0.1, -0.05) is 0 Å². The minimum atomic E-state index is -0.530. The van der Waals surface area contributed by atoms with Crippen molar-refractivity contribution in [3.8, 4) is 18.1 Å². The average Bonchev–Trinajstić information content (AvgIpc) is 2.85. The van der Waals surface area contributed by atoms with E-state index in [2.05, 4.69) is 16.1 Å². The number of amides is 2. The number of nitrogens with zero attached hydrogens (tertiary/aromatic N) is 2. The zero-order valence-electron chi connectivity index (χ0n) is 22.9. The van der Waals surface area contributed by atoms with Crippen molar-refractivity contribution in [3.05, 3.63) is 23.8 Å². The number of piperidine rings is 1. The van der Waals surface area contributed by atoms with Gasteiger partial charge in [-0.05, 0) is 64.7 Å². The molecule has 37 heavy (non-hydrogen) atoms. The molecule has 3 N–H and O–H groups in total. The van der Waals surface area contributed by atoms with Crippen LogP contribution in [0.15, 0.2) is 18.2 Å². The second-order valence-electron chi connectivity index (χ2n) is 10.3. The standard InChI is InChI=1S/C28H44N4O5/c1-6-7-8-14-32(27(34)37-28(2,3)4)15-9-19-36-20-18-31-16-12-23(13-17-31)30-26(33)22-10-11-24(29)25(21-22)35-5/h1,10-11,21,23H,7-9,12-20,29H2,2-5H3,(H,30,33). The SMILES string of the molecule is C#CCCCN(CCCOCCN1CCC(NC(=O)c2ccc(N)c(OC)c2)CC1)C(=O)OC(C)(C)C. The van der Waals surface area contributed by atoms with Crippen molar-refractivity contribution in [3.63, 3.8) is 0 Å². The lowest BCUT2D eigenvalue weighted by atomic mass is 10.0. The van der Waals surface area contributed by atoms with Crippen molar-refractivity contribution in [2.45, 2.75) is 64.5 Å². The molecular weight excluding hydrogens is 472 g/mol. The number of terminal acetylenes is 1. The number of ether oxygens (including phenoxy) is 3. The highest BCUT2D eigenvalue weighted by Crippen LogP contribution is 2.22. The molecule has 1 fully saturated rings. The Morgan fingerprint density at radius 1 is 1.19 bits per heavy atom. The molecule has 0 bridgehead atoms. The normalized spacial score (nSPS) is 14.6. The molecule has 1 heterocycles. The summed E-state index contributed by atoms with van der Waals surface area (Å²) in [5.74, 6) is 3.01. The number of anilines is 1. The van der Waals surface area contributed by atoms with E-state index in [1.54, 1.807) is 23.1 Å². The summed E-state index contributed by atoms with van der Waals surface area (Å²) in [5.41, 5.74) is 6.36. The van der Waals surface area contributed by atoms with Crippen LogP contribution in [0.1, 0.15) is 63.2 Å². The van der Waals surface area contributed by atoms with E-state index in [1.165, 1.54) is 7.11 Å². The summed E-state index contributed by atoms with van der Waals surface area (Å²) in [6, 6.07) is 5.21. The largest absolute Gasteiger partial charge is 0.495 e. The number of carbonyl (C=O) groups is 2. The second kappa shape index (κ2) is 15.3. The van der Waals surface area contributed by atoms with Gasteiger partial charge in [0.1, 0.15) is 11.4 Å². The molecule has 1 aromatic carbocycles. The van der Waals surface area contributed by atoms with Crippen LogP contribution in [0.25, 0.3) is 0 Å². The number of unbranched alkanes of at least 4 members (excludes halogenated alkanes) is 1. The van der Waals surface area contributed by atoms with Crippen LogP contribution >= 0.6 is 0 Å². The molecule has 0 aliphatic carbocycles. The maximum Gasteiger partial charge on any atom is 0.410 e. The summed E-state index contributed by atoms with van der Waals surface area (Å²) in [7, 11) is 1.54. The predicted octanol–water partition coefficient (Wildman–Crippen LogP) is 3.53. The lowest BCUT2D eigenvalue weighted by Gasteiger charge is -2.32. The second-order valence-corrected chi connectivity index (χ2v) is 10.3. The molecule has 0 radical (unpaired) electrons. The van der Waals surface area contributed by atoms with Crippen molar-refractivity contribution >= 4 is 17.7 Å². The Hall–Kier alpha value is -2.96. The van der Waals surface area contributed by atoms with Gasteiger partial charge in [0.25, 0.3) is 5.91 Å². The number of rotatable bonds is 13. The molecule has 1 aliphatic heterocycles. The molecule has 0 unspecified atom stereocenters. The van der Waals surface area contributed by atoms with Crippen LogP contribution in [0.3, 0.4) is 0 Å². The van der Waals surface area contributed by atoms with Gasteiger partial charge in [0, 0.05) is 57.4 Å². The van der Waals surface area contributed by atoms with Gasteiger partial charge in [-0.2, -0.15) is 0 Å². The zero-order valence-corrected chi connectivity index (χ0v) is 22.9. The van der Waals surface area contributed by atoms with E-state index in [0.29, 0.717) is 49.7 Å². The van der Waals surface area contributed by atoms with Crippen LogP contribution in [0.4, 0.5) is 10.5 Å². The Labute approximate surface area is 222 Å². The van der Waals surface area contributed by atoms with Crippen molar-refractivity contribution in [1.82, 2.24) is 15.1 Å². The van der Waals surface area contributed by atoms with Gasteiger partial charge >= 0.3 is 6.09 Å². The third-order valence-corrected chi connectivity index (χ3v) is 6.09. The van der Waals surface area contributed by atoms with E-state index >= 15 is 0 Å². The molecule has 0 atom stereocenters. The van der Waals surface area contributed by atoms with E-state index in [0.717, 1.165) is 45.3 Å². The molecule has 9 heteroatoms. The summed E-state index contributed by atoms with van der Waals surface area (Å²) in [6.45, 7) is 10.6. The molecule has 0 saturated carbocycles. The lowest BCUT2D eigenvalue weighted by Crippen LogP contribution is -2.45. The summed E-state index contributed by atoms with van der Waals surface area (Å²) in [6.07, 6.45) is 8.93. The number of hydrogen-bond acceptors (Lipinski definition) is 7. The number of carbonyl (C=O) groups excluding carboxylic acids is 2. The number of hydrogen-bond donors (Lipinski definition) is 2. The molecule has 2 rings (SSSR count). The third kappa shape index (κ3) is 11.3. The highest BCUT2D eigenvalue weighted by molar-refractivity contribution is 5.95. The van der Waals surface area contributed by atoms with Gasteiger partial charge in [0.05, 0.1) is 19.4 Å². The monoisotopic (exact) mass is 516 g/mol. The maximum absolute atomic E-state index is 12.6. The first-order valence-corrected chi connectivity index (χ1v) is 13.1. The van der Waals surface area contributed by atoms with Gasteiger partial charge < -0.3 is 35.1 Å². The molecule has 1 saturated heterocycles. The molecule has 1 aliphatic rings. The van der Waals surface area contributed by atoms with Crippen LogP contribution in [0, 0.1) is 12.3 Å². The van der Waals surface area contributed by atoms with Crippen LogP contribution < -0.4 is 15.8 Å². The van der Waals surface area contributed by atoms with Crippen molar-refractivity contribution in [1.29, 1.82) is 0 Å².